The van der Waals surface area contributed by atoms with Gasteiger partial charge in [-0.2, -0.15) is 5.10 Å². The average molecular weight is 273 g/mol. The zero-order chi connectivity index (χ0) is 14.1. The number of aliphatic carboxylic acids is 1. The van der Waals surface area contributed by atoms with Crippen molar-refractivity contribution in [2.75, 3.05) is 5.32 Å². The van der Waals surface area contributed by atoms with Crippen LogP contribution in [-0.4, -0.2) is 27.2 Å². The molecule has 3 rings (SSSR count). The van der Waals surface area contributed by atoms with Gasteiger partial charge in [-0.1, -0.05) is 18.6 Å². The number of nitrogens with zero attached hydrogens (tertiary/aromatic N) is 1. The Kier molecular flexibility index (Phi) is 3.14. The molecule has 6 nitrogen and oxygen atoms in total. The van der Waals surface area contributed by atoms with E-state index in [-0.39, 0.29) is 5.91 Å². The SMILES string of the molecule is O=C(O)[C@H]1CCC[C@H]1C(=O)Nc1cccc2cn[nH]c12. The van der Waals surface area contributed by atoms with Crippen molar-refractivity contribution in [1.82, 2.24) is 10.2 Å². The monoisotopic (exact) mass is 273 g/mol. The molecule has 0 saturated heterocycles. The normalized spacial score (nSPS) is 22.0. The minimum Gasteiger partial charge on any atom is -0.481 e. The molecule has 0 bridgehead atoms. The first-order valence-corrected chi connectivity index (χ1v) is 6.62. The Bertz CT molecular complexity index is 664. The molecule has 1 saturated carbocycles. The summed E-state index contributed by atoms with van der Waals surface area (Å²) in [6, 6.07) is 5.50. The Morgan fingerprint density at radius 3 is 2.90 bits per heavy atom. The lowest BCUT2D eigenvalue weighted by molar-refractivity contribution is -0.145. The van der Waals surface area contributed by atoms with Crippen LogP contribution in [0.1, 0.15) is 19.3 Å². The van der Waals surface area contributed by atoms with E-state index < -0.39 is 17.8 Å². The number of hydrogen-bond donors (Lipinski definition) is 3. The molecule has 1 aliphatic rings. The zero-order valence-corrected chi connectivity index (χ0v) is 10.8. The van der Waals surface area contributed by atoms with Crippen LogP contribution >= 0.6 is 0 Å². The highest BCUT2D eigenvalue weighted by atomic mass is 16.4. The Morgan fingerprint density at radius 1 is 1.30 bits per heavy atom. The van der Waals surface area contributed by atoms with Gasteiger partial charge in [0.05, 0.1) is 29.2 Å². The quantitative estimate of drug-likeness (QED) is 0.797. The second-order valence-corrected chi connectivity index (χ2v) is 5.11. The second kappa shape index (κ2) is 4.96. The first-order chi connectivity index (χ1) is 9.66. The summed E-state index contributed by atoms with van der Waals surface area (Å²) in [5.74, 6) is -2.14. The lowest BCUT2D eigenvalue weighted by Gasteiger charge is -2.15. The number of fused-ring (bicyclic) bond motifs is 1. The summed E-state index contributed by atoms with van der Waals surface area (Å²) >= 11 is 0. The summed E-state index contributed by atoms with van der Waals surface area (Å²) < 4.78 is 0. The van der Waals surface area contributed by atoms with E-state index in [1.54, 1.807) is 12.3 Å². The highest BCUT2D eigenvalue weighted by Gasteiger charge is 2.37. The van der Waals surface area contributed by atoms with Gasteiger partial charge in [-0.05, 0) is 18.9 Å². The number of carbonyl (C=O) groups excluding carboxylic acids is 1. The van der Waals surface area contributed by atoms with Crippen molar-refractivity contribution < 1.29 is 14.7 Å². The molecule has 20 heavy (non-hydrogen) atoms. The fourth-order valence-corrected chi connectivity index (χ4v) is 2.87. The number of hydrogen-bond acceptors (Lipinski definition) is 3. The standard InChI is InChI=1S/C14H15N3O3/c18-13(9-4-2-5-10(9)14(19)20)16-11-6-1-3-8-7-15-17-12(8)11/h1,3,6-7,9-10H,2,4-5H2,(H,15,17)(H,16,18)(H,19,20)/t9-,10+/m1/s1. The van der Waals surface area contributed by atoms with Gasteiger partial charge in [0.25, 0.3) is 0 Å². The maximum Gasteiger partial charge on any atom is 0.307 e. The molecule has 104 valence electrons. The van der Waals surface area contributed by atoms with E-state index in [4.69, 9.17) is 5.11 Å². The van der Waals surface area contributed by atoms with E-state index in [0.29, 0.717) is 18.5 Å². The van der Waals surface area contributed by atoms with Crippen molar-refractivity contribution in [2.45, 2.75) is 19.3 Å². The average Bonchev–Trinajstić information content (AvgIpc) is 3.08. The van der Waals surface area contributed by atoms with Gasteiger partial charge in [0.15, 0.2) is 0 Å². The van der Waals surface area contributed by atoms with E-state index in [0.717, 1.165) is 17.3 Å². The van der Waals surface area contributed by atoms with Gasteiger partial charge in [-0.15, -0.1) is 0 Å². The Balaban J connectivity index is 1.82. The molecule has 2 atom stereocenters. The van der Waals surface area contributed by atoms with Crippen LogP contribution in [-0.2, 0) is 9.59 Å². The van der Waals surface area contributed by atoms with Crippen LogP contribution in [0, 0.1) is 11.8 Å². The number of benzene rings is 1. The number of anilines is 1. The molecule has 2 aromatic rings. The van der Waals surface area contributed by atoms with E-state index in [2.05, 4.69) is 15.5 Å². The summed E-state index contributed by atoms with van der Waals surface area (Å²) in [7, 11) is 0. The fourth-order valence-electron chi connectivity index (χ4n) is 2.87. The molecule has 1 aromatic heterocycles. The van der Waals surface area contributed by atoms with Crippen LogP contribution in [0.15, 0.2) is 24.4 Å². The van der Waals surface area contributed by atoms with Crippen molar-refractivity contribution in [3.05, 3.63) is 24.4 Å². The van der Waals surface area contributed by atoms with Crippen LogP contribution in [0.2, 0.25) is 0 Å². The second-order valence-electron chi connectivity index (χ2n) is 5.11. The summed E-state index contributed by atoms with van der Waals surface area (Å²) in [6.07, 6.45) is 3.66. The third kappa shape index (κ3) is 2.13. The molecule has 3 N–H and O–H groups in total. The van der Waals surface area contributed by atoms with E-state index >= 15 is 0 Å². The number of carboxylic acids is 1. The van der Waals surface area contributed by atoms with E-state index in [1.165, 1.54) is 0 Å². The molecular formula is C14H15N3O3. The zero-order valence-electron chi connectivity index (χ0n) is 10.8. The Hall–Kier alpha value is -2.37. The number of aromatic amines is 1. The van der Waals surface area contributed by atoms with Gasteiger partial charge < -0.3 is 10.4 Å². The number of H-pyrrole nitrogens is 1. The predicted octanol–water partition coefficient (Wildman–Crippen LogP) is 2.00. The van der Waals surface area contributed by atoms with Gasteiger partial charge in [0, 0.05) is 5.39 Å². The number of amides is 1. The molecule has 1 aliphatic carbocycles. The van der Waals surface area contributed by atoms with Crippen LogP contribution in [0.3, 0.4) is 0 Å². The van der Waals surface area contributed by atoms with Crippen LogP contribution in [0.5, 0.6) is 0 Å². The predicted molar refractivity (Wildman–Crippen MR) is 73.2 cm³/mol. The summed E-state index contributed by atoms with van der Waals surface area (Å²) in [6.45, 7) is 0. The molecule has 1 amide bonds. The summed E-state index contributed by atoms with van der Waals surface area (Å²) in [4.78, 5) is 23.4. The van der Waals surface area contributed by atoms with Crippen molar-refractivity contribution in [3.8, 4) is 0 Å². The maximum absolute atomic E-state index is 12.3. The lowest BCUT2D eigenvalue weighted by atomic mass is 9.95. The molecule has 0 spiro atoms. The Labute approximate surface area is 115 Å². The molecule has 0 unspecified atom stereocenters. The van der Waals surface area contributed by atoms with Crippen molar-refractivity contribution in [3.63, 3.8) is 0 Å². The third-order valence-electron chi connectivity index (χ3n) is 3.90. The minimum absolute atomic E-state index is 0.225. The lowest BCUT2D eigenvalue weighted by Crippen LogP contribution is -2.30. The van der Waals surface area contributed by atoms with Crippen molar-refractivity contribution >= 4 is 28.5 Å². The largest absolute Gasteiger partial charge is 0.481 e. The van der Waals surface area contributed by atoms with Gasteiger partial charge >= 0.3 is 5.97 Å². The van der Waals surface area contributed by atoms with E-state index in [9.17, 15) is 9.59 Å². The van der Waals surface area contributed by atoms with Gasteiger partial charge in [0.1, 0.15) is 0 Å². The third-order valence-corrected chi connectivity index (χ3v) is 3.90. The van der Waals surface area contributed by atoms with Gasteiger partial charge in [-0.25, -0.2) is 0 Å². The van der Waals surface area contributed by atoms with E-state index in [1.807, 2.05) is 12.1 Å². The van der Waals surface area contributed by atoms with Crippen molar-refractivity contribution in [1.29, 1.82) is 0 Å². The number of carboxylic acid groups (broad SMARTS) is 1. The fraction of sp³-hybridized carbons (Fsp3) is 0.357. The number of carbonyl (C=O) groups is 2. The number of aromatic nitrogens is 2. The van der Waals surface area contributed by atoms with Gasteiger partial charge in [0.2, 0.25) is 5.91 Å². The Morgan fingerprint density at radius 2 is 2.10 bits per heavy atom. The molecule has 1 aromatic carbocycles. The molecule has 6 heteroatoms. The molecule has 0 aliphatic heterocycles. The number of nitrogens with one attached hydrogen (secondary N) is 2. The molecule has 0 radical (unpaired) electrons. The van der Waals surface area contributed by atoms with Gasteiger partial charge in [-0.3, -0.25) is 14.7 Å². The number of para-hydroxylation sites is 1. The molecular weight excluding hydrogens is 258 g/mol. The number of rotatable bonds is 3. The smallest absolute Gasteiger partial charge is 0.307 e. The molecule has 1 heterocycles. The summed E-state index contributed by atoms with van der Waals surface area (Å²) in [5, 5.41) is 19.6. The highest BCUT2D eigenvalue weighted by Crippen LogP contribution is 2.33. The minimum atomic E-state index is -0.887. The van der Waals surface area contributed by atoms with Crippen molar-refractivity contribution in [2.24, 2.45) is 11.8 Å². The first kappa shape index (κ1) is 12.7. The first-order valence-electron chi connectivity index (χ1n) is 6.62. The topological polar surface area (TPSA) is 95.1 Å². The van der Waals surface area contributed by atoms with Crippen LogP contribution in [0.4, 0.5) is 5.69 Å². The van der Waals surface area contributed by atoms with Crippen LogP contribution in [0.25, 0.3) is 10.9 Å². The van der Waals surface area contributed by atoms with Crippen LogP contribution < -0.4 is 5.32 Å². The molecule has 1 fully saturated rings. The maximum atomic E-state index is 12.3. The summed E-state index contributed by atoms with van der Waals surface area (Å²) in [5.41, 5.74) is 1.40. The highest BCUT2D eigenvalue weighted by molar-refractivity contribution is 6.02.